The van der Waals surface area contributed by atoms with Crippen LogP contribution in [0.5, 0.6) is 0 Å². The van der Waals surface area contributed by atoms with E-state index in [1.165, 1.54) is 24.2 Å². The van der Waals surface area contributed by atoms with Crippen LogP contribution in [0.15, 0.2) is 11.0 Å². The van der Waals surface area contributed by atoms with Crippen molar-refractivity contribution in [2.75, 3.05) is 45.8 Å². The van der Waals surface area contributed by atoms with Gasteiger partial charge in [-0.2, -0.15) is 4.31 Å². The van der Waals surface area contributed by atoms with Gasteiger partial charge in [-0.15, -0.1) is 11.3 Å². The summed E-state index contributed by atoms with van der Waals surface area (Å²) in [6.45, 7) is 8.05. The second kappa shape index (κ2) is 8.37. The van der Waals surface area contributed by atoms with Gasteiger partial charge in [-0.05, 0) is 32.8 Å². The zero-order chi connectivity index (χ0) is 18.7. The van der Waals surface area contributed by atoms with Gasteiger partial charge >= 0.3 is 0 Å². The molecule has 0 unspecified atom stereocenters. The van der Waals surface area contributed by atoms with Crippen LogP contribution in [0.3, 0.4) is 0 Å². The largest absolute Gasteiger partial charge is 0.342 e. The van der Waals surface area contributed by atoms with E-state index >= 15 is 0 Å². The van der Waals surface area contributed by atoms with Gasteiger partial charge in [-0.3, -0.25) is 9.69 Å². The Kier molecular flexibility index (Phi) is 6.37. The molecular weight excluding hydrogens is 370 g/mol. The molecule has 0 atom stereocenters. The predicted octanol–water partition coefficient (Wildman–Crippen LogP) is 2.07. The Hall–Kier alpha value is -0.960. The minimum atomic E-state index is -3.43. The molecule has 0 N–H and O–H groups in total. The quantitative estimate of drug-likeness (QED) is 0.778. The van der Waals surface area contributed by atoms with Crippen LogP contribution >= 0.6 is 11.3 Å². The maximum Gasteiger partial charge on any atom is 0.244 e. The molecule has 1 aromatic heterocycles. The zero-order valence-electron chi connectivity index (χ0n) is 15.7. The number of thiophene rings is 1. The average Bonchev–Trinajstić information content (AvgIpc) is 2.81. The normalized spacial score (nSPS) is 20.9. The summed E-state index contributed by atoms with van der Waals surface area (Å²) in [6, 6.07) is 1.77. The number of sulfonamides is 1. The van der Waals surface area contributed by atoms with Crippen molar-refractivity contribution in [2.45, 2.75) is 44.4 Å². The van der Waals surface area contributed by atoms with Crippen LogP contribution in [0.4, 0.5) is 0 Å². The fourth-order valence-corrected chi connectivity index (χ4v) is 6.69. The van der Waals surface area contributed by atoms with Gasteiger partial charge in [0.2, 0.25) is 15.9 Å². The third kappa shape index (κ3) is 4.47. The third-order valence-corrected chi connectivity index (χ3v) is 8.38. The summed E-state index contributed by atoms with van der Waals surface area (Å²) in [7, 11) is -3.43. The Labute approximate surface area is 160 Å². The molecule has 2 aliphatic rings. The monoisotopic (exact) mass is 399 g/mol. The summed E-state index contributed by atoms with van der Waals surface area (Å²) >= 11 is 1.52. The number of piperazine rings is 1. The van der Waals surface area contributed by atoms with Crippen LogP contribution in [0.2, 0.25) is 0 Å². The molecule has 8 heteroatoms. The molecule has 0 saturated carbocycles. The zero-order valence-corrected chi connectivity index (χ0v) is 17.4. The van der Waals surface area contributed by atoms with Gasteiger partial charge in [0.15, 0.2) is 0 Å². The van der Waals surface area contributed by atoms with Crippen LogP contribution in [-0.2, 0) is 14.8 Å². The second-order valence-electron chi connectivity index (χ2n) is 7.25. The smallest absolute Gasteiger partial charge is 0.244 e. The van der Waals surface area contributed by atoms with Crippen molar-refractivity contribution < 1.29 is 13.2 Å². The topological polar surface area (TPSA) is 60.9 Å². The third-order valence-electron chi connectivity index (χ3n) is 5.26. The molecule has 2 saturated heterocycles. The van der Waals surface area contributed by atoms with Crippen molar-refractivity contribution in [3.8, 4) is 0 Å². The molecule has 3 rings (SSSR count). The molecule has 1 amide bonds. The van der Waals surface area contributed by atoms with Gasteiger partial charge < -0.3 is 4.90 Å². The second-order valence-corrected chi connectivity index (χ2v) is 10.6. The van der Waals surface area contributed by atoms with E-state index in [1.807, 2.05) is 18.7 Å². The van der Waals surface area contributed by atoms with E-state index in [4.69, 9.17) is 0 Å². The van der Waals surface area contributed by atoms with Crippen LogP contribution < -0.4 is 0 Å². The molecule has 0 bridgehead atoms. The summed E-state index contributed by atoms with van der Waals surface area (Å²) in [5, 5.41) is 0. The van der Waals surface area contributed by atoms with Crippen molar-refractivity contribution >= 4 is 27.3 Å². The number of carbonyl (C=O) groups excluding carboxylic acids is 1. The van der Waals surface area contributed by atoms with E-state index < -0.39 is 10.0 Å². The molecule has 1 aromatic rings. The van der Waals surface area contributed by atoms with Gasteiger partial charge in [0, 0.05) is 49.0 Å². The van der Waals surface area contributed by atoms with Crippen molar-refractivity contribution in [3.05, 3.63) is 15.8 Å². The van der Waals surface area contributed by atoms with E-state index in [0.29, 0.717) is 37.6 Å². The number of aryl methyl sites for hydroxylation is 2. The van der Waals surface area contributed by atoms with Crippen molar-refractivity contribution in [1.82, 2.24) is 14.1 Å². The molecule has 146 valence electrons. The van der Waals surface area contributed by atoms with Crippen LogP contribution in [0.1, 0.15) is 35.4 Å². The van der Waals surface area contributed by atoms with Crippen LogP contribution in [0.25, 0.3) is 0 Å². The number of carbonyl (C=O) groups is 1. The molecule has 2 aliphatic heterocycles. The molecule has 0 aromatic carbocycles. The molecule has 2 fully saturated rings. The summed E-state index contributed by atoms with van der Waals surface area (Å²) in [5.41, 5.74) is 0. The first-order valence-electron chi connectivity index (χ1n) is 9.45. The number of amides is 1. The van der Waals surface area contributed by atoms with E-state index in [1.54, 1.807) is 10.4 Å². The Morgan fingerprint density at radius 3 is 2.15 bits per heavy atom. The van der Waals surface area contributed by atoms with E-state index in [-0.39, 0.29) is 5.91 Å². The van der Waals surface area contributed by atoms with Crippen LogP contribution in [0, 0.1) is 13.8 Å². The summed E-state index contributed by atoms with van der Waals surface area (Å²) in [4.78, 5) is 18.9. The predicted molar refractivity (Wildman–Crippen MR) is 104 cm³/mol. The van der Waals surface area contributed by atoms with E-state index in [0.717, 1.165) is 35.7 Å². The van der Waals surface area contributed by atoms with Gasteiger partial charge in [-0.1, -0.05) is 12.8 Å². The maximum atomic E-state index is 12.9. The number of hydrogen-bond acceptors (Lipinski definition) is 5. The minimum Gasteiger partial charge on any atom is -0.342 e. The molecule has 26 heavy (non-hydrogen) atoms. The molecule has 3 heterocycles. The lowest BCUT2D eigenvalue weighted by Crippen LogP contribution is -2.51. The average molecular weight is 400 g/mol. The van der Waals surface area contributed by atoms with Gasteiger partial charge in [0.1, 0.15) is 0 Å². The summed E-state index contributed by atoms with van der Waals surface area (Å²) in [5.74, 6) is 0.188. The first kappa shape index (κ1) is 19.8. The molecule has 6 nitrogen and oxygen atoms in total. The molecule has 0 spiro atoms. The van der Waals surface area contributed by atoms with Gasteiger partial charge in [0.05, 0.1) is 11.4 Å². The minimum absolute atomic E-state index is 0.188. The maximum absolute atomic E-state index is 12.9. The number of nitrogens with zero attached hydrogens (tertiary/aromatic N) is 3. The number of hydrogen-bond donors (Lipinski definition) is 0. The SMILES string of the molecule is Cc1cc(S(=O)(=O)N2CCN(CC(=O)N3CCCCCC3)CC2)c(C)s1. The Morgan fingerprint density at radius 2 is 1.62 bits per heavy atom. The van der Waals surface area contributed by atoms with Crippen molar-refractivity contribution in [1.29, 1.82) is 0 Å². The first-order chi connectivity index (χ1) is 12.4. The van der Waals surface area contributed by atoms with Gasteiger partial charge in [-0.25, -0.2) is 8.42 Å². The lowest BCUT2D eigenvalue weighted by Gasteiger charge is -2.34. The number of likely N-dealkylation sites (tertiary alicyclic amines) is 1. The summed E-state index contributed by atoms with van der Waals surface area (Å²) < 4.78 is 27.3. The fourth-order valence-electron chi connectivity index (χ4n) is 3.74. The van der Waals surface area contributed by atoms with E-state index in [9.17, 15) is 13.2 Å². The first-order valence-corrected chi connectivity index (χ1v) is 11.7. The lowest BCUT2D eigenvalue weighted by molar-refractivity contribution is -0.132. The molecule has 0 radical (unpaired) electrons. The highest BCUT2D eigenvalue weighted by atomic mass is 32.2. The Bertz CT molecular complexity index is 729. The van der Waals surface area contributed by atoms with Crippen molar-refractivity contribution in [3.63, 3.8) is 0 Å². The van der Waals surface area contributed by atoms with Crippen molar-refractivity contribution in [2.24, 2.45) is 0 Å². The van der Waals surface area contributed by atoms with E-state index in [2.05, 4.69) is 4.90 Å². The van der Waals surface area contributed by atoms with Gasteiger partial charge in [0.25, 0.3) is 0 Å². The lowest BCUT2D eigenvalue weighted by atomic mass is 10.2. The Morgan fingerprint density at radius 1 is 1.00 bits per heavy atom. The molecular formula is C18H29N3O3S2. The molecule has 0 aliphatic carbocycles. The number of rotatable bonds is 4. The van der Waals surface area contributed by atoms with Crippen LogP contribution in [-0.4, -0.2) is 74.2 Å². The summed E-state index contributed by atoms with van der Waals surface area (Å²) in [6.07, 6.45) is 4.61. The highest BCUT2D eigenvalue weighted by molar-refractivity contribution is 7.89. The Balaban J connectivity index is 1.55. The highest BCUT2D eigenvalue weighted by Crippen LogP contribution is 2.28. The fraction of sp³-hybridized carbons (Fsp3) is 0.722. The standard InChI is InChI=1S/C18H29N3O3S2/c1-15-13-17(16(2)25-15)26(23,24)21-11-9-19(10-12-21)14-18(22)20-7-5-3-4-6-8-20/h13H,3-12,14H2,1-2H3. The highest BCUT2D eigenvalue weighted by Gasteiger charge is 2.31.